The molecule has 3 aromatic carbocycles. The Morgan fingerprint density at radius 1 is 0.828 bits per heavy atom. The monoisotopic (exact) mass is 384 g/mol. The Balaban J connectivity index is 1.83. The van der Waals surface area contributed by atoms with Gasteiger partial charge in [0.2, 0.25) is 0 Å². The average molecular weight is 384 g/mol. The molecule has 0 aromatic heterocycles. The maximum atomic E-state index is 13.2. The van der Waals surface area contributed by atoms with Crippen molar-refractivity contribution in [3.8, 4) is 0 Å². The van der Waals surface area contributed by atoms with Crippen LogP contribution in [0.4, 0.5) is 11.4 Å². The molecule has 0 saturated carbocycles. The Morgan fingerprint density at radius 2 is 1.38 bits per heavy atom. The van der Waals surface area contributed by atoms with Gasteiger partial charge in [0.25, 0.3) is 5.91 Å². The maximum absolute atomic E-state index is 13.2. The standard InChI is InChI=1S/C24H20N2O3/c1-12-10-13(2)19(14(3)11-12)24(29)26-18-9-8-17(25)20-21(18)23(28)16-7-5-4-6-15(16)22(20)27/h4-11H,25H2,1-3H3,(H,26,29). The molecule has 0 heterocycles. The number of rotatable bonds is 2. The summed E-state index contributed by atoms with van der Waals surface area (Å²) in [6, 6.07) is 13.6. The van der Waals surface area contributed by atoms with Crippen LogP contribution < -0.4 is 11.1 Å². The average Bonchev–Trinajstić information content (AvgIpc) is 2.66. The number of anilines is 2. The third-order valence-corrected chi connectivity index (χ3v) is 5.26. The summed E-state index contributed by atoms with van der Waals surface area (Å²) in [6.45, 7) is 5.72. The molecule has 1 aliphatic carbocycles. The zero-order chi connectivity index (χ0) is 20.9. The maximum Gasteiger partial charge on any atom is 0.256 e. The van der Waals surface area contributed by atoms with Gasteiger partial charge in [0.05, 0.1) is 16.8 Å². The number of nitrogens with one attached hydrogen (secondary N) is 1. The van der Waals surface area contributed by atoms with Crippen LogP contribution in [0.1, 0.15) is 58.9 Å². The lowest BCUT2D eigenvalue weighted by Crippen LogP contribution is -2.25. The van der Waals surface area contributed by atoms with Crippen LogP contribution in [0.5, 0.6) is 0 Å². The van der Waals surface area contributed by atoms with Crippen molar-refractivity contribution < 1.29 is 14.4 Å². The Morgan fingerprint density at radius 3 is 1.97 bits per heavy atom. The second kappa shape index (κ2) is 6.71. The molecule has 0 saturated heterocycles. The van der Waals surface area contributed by atoms with Gasteiger partial charge in [0.1, 0.15) is 0 Å². The van der Waals surface area contributed by atoms with Crippen LogP contribution in [0, 0.1) is 20.8 Å². The van der Waals surface area contributed by atoms with E-state index in [-0.39, 0.29) is 40.0 Å². The molecule has 0 spiro atoms. The summed E-state index contributed by atoms with van der Waals surface area (Å²) in [5.74, 6) is -0.965. The van der Waals surface area contributed by atoms with Crippen LogP contribution in [0.25, 0.3) is 0 Å². The lowest BCUT2D eigenvalue weighted by molar-refractivity contribution is 0.0979. The van der Waals surface area contributed by atoms with Gasteiger partial charge in [-0.1, -0.05) is 42.0 Å². The number of ketones is 2. The highest BCUT2D eigenvalue weighted by molar-refractivity contribution is 6.32. The second-order valence-corrected chi connectivity index (χ2v) is 7.38. The van der Waals surface area contributed by atoms with Crippen molar-refractivity contribution in [3.05, 3.63) is 93.0 Å². The molecule has 0 radical (unpaired) electrons. The predicted octanol–water partition coefficient (Wildman–Crippen LogP) is 4.22. The SMILES string of the molecule is Cc1cc(C)c(C(=O)Nc2ccc(N)c3c2C(=O)c2ccccc2C3=O)c(C)c1. The summed E-state index contributed by atoms with van der Waals surface area (Å²) < 4.78 is 0. The lowest BCUT2D eigenvalue weighted by Gasteiger charge is -2.22. The molecular weight excluding hydrogens is 364 g/mol. The summed E-state index contributed by atoms with van der Waals surface area (Å²) in [7, 11) is 0. The van der Waals surface area contributed by atoms with Gasteiger partial charge in [0, 0.05) is 22.4 Å². The van der Waals surface area contributed by atoms with Gasteiger partial charge >= 0.3 is 0 Å². The Labute approximate surface area is 168 Å². The van der Waals surface area contributed by atoms with Gasteiger partial charge in [0.15, 0.2) is 11.6 Å². The van der Waals surface area contributed by atoms with Crippen molar-refractivity contribution >= 4 is 28.8 Å². The molecule has 3 aromatic rings. The molecule has 0 unspecified atom stereocenters. The second-order valence-electron chi connectivity index (χ2n) is 7.38. The zero-order valence-corrected chi connectivity index (χ0v) is 16.4. The number of carbonyl (C=O) groups excluding carboxylic acids is 3. The summed E-state index contributed by atoms with van der Waals surface area (Å²) in [5, 5.41) is 2.83. The van der Waals surface area contributed by atoms with Crippen LogP contribution in [0.3, 0.4) is 0 Å². The number of hydrogen-bond acceptors (Lipinski definition) is 4. The number of nitrogens with two attached hydrogens (primary N) is 1. The van der Waals surface area contributed by atoms with E-state index >= 15 is 0 Å². The molecule has 0 bridgehead atoms. The van der Waals surface area contributed by atoms with Crippen LogP contribution >= 0.6 is 0 Å². The van der Waals surface area contributed by atoms with Gasteiger partial charge in [-0.05, 0) is 44.0 Å². The molecule has 0 atom stereocenters. The Bertz CT molecular complexity index is 1200. The Hall–Kier alpha value is -3.73. The number of hydrogen-bond donors (Lipinski definition) is 2. The van der Waals surface area contributed by atoms with Gasteiger partial charge in [-0.3, -0.25) is 14.4 Å². The van der Waals surface area contributed by atoms with Crippen LogP contribution in [-0.4, -0.2) is 17.5 Å². The van der Waals surface area contributed by atoms with Crippen molar-refractivity contribution in [3.63, 3.8) is 0 Å². The predicted molar refractivity (Wildman–Crippen MR) is 113 cm³/mol. The topological polar surface area (TPSA) is 89.3 Å². The van der Waals surface area contributed by atoms with E-state index < -0.39 is 0 Å². The molecule has 5 heteroatoms. The third kappa shape index (κ3) is 2.91. The number of aryl methyl sites for hydroxylation is 3. The normalized spacial score (nSPS) is 12.4. The molecule has 144 valence electrons. The minimum absolute atomic E-state index is 0.142. The molecule has 0 aliphatic heterocycles. The molecule has 4 rings (SSSR count). The highest BCUT2D eigenvalue weighted by atomic mass is 16.2. The minimum Gasteiger partial charge on any atom is -0.398 e. The Kier molecular flexibility index (Phi) is 4.31. The van der Waals surface area contributed by atoms with E-state index in [2.05, 4.69) is 5.32 Å². The van der Waals surface area contributed by atoms with Crippen LogP contribution in [-0.2, 0) is 0 Å². The van der Waals surface area contributed by atoms with Crippen LogP contribution in [0.2, 0.25) is 0 Å². The fourth-order valence-electron chi connectivity index (χ4n) is 4.07. The van der Waals surface area contributed by atoms with E-state index in [0.29, 0.717) is 16.7 Å². The number of benzene rings is 3. The summed E-state index contributed by atoms with van der Waals surface area (Å²) in [4.78, 5) is 39.2. The van der Waals surface area contributed by atoms with E-state index in [1.807, 2.05) is 32.9 Å². The van der Waals surface area contributed by atoms with Gasteiger partial charge in [-0.25, -0.2) is 0 Å². The number of carbonyl (C=O) groups is 3. The summed E-state index contributed by atoms with van der Waals surface area (Å²) in [6.07, 6.45) is 0. The first-order valence-electron chi connectivity index (χ1n) is 9.29. The molecule has 5 nitrogen and oxygen atoms in total. The largest absolute Gasteiger partial charge is 0.398 e. The van der Waals surface area contributed by atoms with Gasteiger partial charge < -0.3 is 11.1 Å². The molecule has 1 aliphatic rings. The first-order chi connectivity index (χ1) is 13.8. The first-order valence-corrected chi connectivity index (χ1v) is 9.29. The van der Waals surface area contributed by atoms with Crippen molar-refractivity contribution in [2.75, 3.05) is 11.1 Å². The molecule has 1 amide bonds. The van der Waals surface area contributed by atoms with E-state index in [0.717, 1.165) is 16.7 Å². The van der Waals surface area contributed by atoms with Gasteiger partial charge in [-0.15, -0.1) is 0 Å². The number of fused-ring (bicyclic) bond motifs is 2. The van der Waals surface area contributed by atoms with E-state index in [4.69, 9.17) is 5.73 Å². The van der Waals surface area contributed by atoms with E-state index in [9.17, 15) is 14.4 Å². The number of nitrogen functional groups attached to an aromatic ring is 1. The lowest BCUT2D eigenvalue weighted by atomic mass is 9.82. The van der Waals surface area contributed by atoms with E-state index in [1.54, 1.807) is 36.4 Å². The summed E-state index contributed by atoms with van der Waals surface area (Å²) in [5.41, 5.74) is 10.8. The van der Waals surface area contributed by atoms with Crippen LogP contribution in [0.15, 0.2) is 48.5 Å². The molecule has 29 heavy (non-hydrogen) atoms. The fraction of sp³-hybridized carbons (Fsp3) is 0.125. The zero-order valence-electron chi connectivity index (χ0n) is 16.4. The quantitative estimate of drug-likeness (QED) is 0.506. The third-order valence-electron chi connectivity index (χ3n) is 5.26. The smallest absolute Gasteiger partial charge is 0.256 e. The first kappa shape index (κ1) is 18.6. The highest BCUT2D eigenvalue weighted by Gasteiger charge is 2.33. The van der Waals surface area contributed by atoms with Crippen molar-refractivity contribution in [1.29, 1.82) is 0 Å². The van der Waals surface area contributed by atoms with Gasteiger partial charge in [-0.2, -0.15) is 0 Å². The van der Waals surface area contributed by atoms with Crippen molar-refractivity contribution in [1.82, 2.24) is 0 Å². The molecule has 3 N–H and O–H groups in total. The van der Waals surface area contributed by atoms with Crippen molar-refractivity contribution in [2.24, 2.45) is 0 Å². The van der Waals surface area contributed by atoms with E-state index in [1.165, 1.54) is 0 Å². The highest BCUT2D eigenvalue weighted by Crippen LogP contribution is 2.35. The minimum atomic E-state index is -0.328. The molecule has 0 fully saturated rings. The van der Waals surface area contributed by atoms with Crippen molar-refractivity contribution in [2.45, 2.75) is 20.8 Å². The molecular formula is C24H20N2O3. The number of amides is 1. The summed E-state index contributed by atoms with van der Waals surface area (Å²) >= 11 is 0. The fourth-order valence-corrected chi connectivity index (χ4v) is 4.07.